The highest BCUT2D eigenvalue weighted by molar-refractivity contribution is 5.83. The summed E-state index contributed by atoms with van der Waals surface area (Å²) in [7, 11) is 0. The van der Waals surface area contributed by atoms with E-state index in [2.05, 4.69) is 78.6 Å². The van der Waals surface area contributed by atoms with E-state index in [1.807, 2.05) is 0 Å². The minimum absolute atomic E-state index is 0.0809. The number of fused-ring (bicyclic) bond motifs is 1. The molecule has 0 spiro atoms. The molecule has 0 radical (unpaired) electrons. The summed E-state index contributed by atoms with van der Waals surface area (Å²) in [5.74, 6) is -0.965. The van der Waals surface area contributed by atoms with E-state index in [-0.39, 0.29) is 12.0 Å². The number of rotatable bonds is 4. The molecule has 27 heavy (non-hydrogen) atoms. The van der Waals surface area contributed by atoms with Gasteiger partial charge in [-0.05, 0) is 54.3 Å². The molecule has 0 bridgehead atoms. The average Bonchev–Trinajstić information content (AvgIpc) is 2.70. The highest BCUT2D eigenvalue weighted by atomic mass is 16.4. The largest absolute Gasteiger partial charge is 0.481 e. The third-order valence-corrected chi connectivity index (χ3v) is 5.65. The predicted octanol–water partition coefficient (Wildman–Crippen LogP) is 5.03. The third-order valence-electron chi connectivity index (χ3n) is 5.65. The molecule has 0 aromatic heterocycles. The van der Waals surface area contributed by atoms with Crippen molar-refractivity contribution in [2.75, 3.05) is 13.1 Å². The summed E-state index contributed by atoms with van der Waals surface area (Å²) in [6, 6.07) is 23.7. The summed E-state index contributed by atoms with van der Waals surface area (Å²) in [6.45, 7) is 3.62. The summed E-state index contributed by atoms with van der Waals surface area (Å²) in [5, 5.41) is 12.0. The number of hydrogen-bond donors (Lipinski definition) is 1. The third kappa shape index (κ3) is 3.74. The molecule has 3 nitrogen and oxygen atoms in total. The van der Waals surface area contributed by atoms with Crippen LogP contribution in [0.15, 0.2) is 66.7 Å². The maximum Gasteiger partial charge on any atom is 0.307 e. The lowest BCUT2D eigenvalue weighted by Crippen LogP contribution is -2.41. The van der Waals surface area contributed by atoms with Crippen molar-refractivity contribution in [1.82, 2.24) is 4.90 Å². The van der Waals surface area contributed by atoms with Crippen LogP contribution in [0.2, 0.25) is 0 Å². The lowest BCUT2D eigenvalue weighted by atomic mass is 9.90. The number of aliphatic carboxylic acids is 1. The summed E-state index contributed by atoms with van der Waals surface area (Å²) in [6.07, 6.45) is 1.69. The maximum absolute atomic E-state index is 11.6. The quantitative estimate of drug-likeness (QED) is 0.710. The van der Waals surface area contributed by atoms with Gasteiger partial charge in [0.2, 0.25) is 0 Å². The molecule has 2 unspecified atom stereocenters. The van der Waals surface area contributed by atoms with Crippen LogP contribution in [0.5, 0.6) is 0 Å². The van der Waals surface area contributed by atoms with Crippen LogP contribution >= 0.6 is 0 Å². The van der Waals surface area contributed by atoms with Crippen LogP contribution in [-0.4, -0.2) is 29.1 Å². The molecule has 4 rings (SSSR count). The van der Waals surface area contributed by atoms with Crippen molar-refractivity contribution in [3.05, 3.63) is 83.4 Å². The van der Waals surface area contributed by atoms with E-state index in [1.54, 1.807) is 0 Å². The van der Waals surface area contributed by atoms with Gasteiger partial charge in [-0.15, -0.1) is 0 Å². The number of likely N-dealkylation sites (tertiary alicyclic amines) is 1. The van der Waals surface area contributed by atoms with Crippen LogP contribution < -0.4 is 0 Å². The first kappa shape index (κ1) is 17.7. The van der Waals surface area contributed by atoms with Gasteiger partial charge in [0.05, 0.1) is 12.0 Å². The van der Waals surface area contributed by atoms with Gasteiger partial charge in [-0.2, -0.15) is 0 Å². The van der Waals surface area contributed by atoms with Crippen LogP contribution in [0.3, 0.4) is 0 Å². The van der Waals surface area contributed by atoms with Crippen molar-refractivity contribution in [3.8, 4) is 0 Å². The smallest absolute Gasteiger partial charge is 0.307 e. The molecular formula is C24H25NO2. The molecule has 3 aromatic rings. The Morgan fingerprint density at radius 2 is 1.70 bits per heavy atom. The number of carboxylic acids is 1. The zero-order valence-electron chi connectivity index (χ0n) is 15.6. The van der Waals surface area contributed by atoms with Crippen molar-refractivity contribution in [2.45, 2.75) is 25.8 Å². The van der Waals surface area contributed by atoms with Crippen LogP contribution in [-0.2, 0) is 4.79 Å². The second kappa shape index (κ2) is 7.53. The van der Waals surface area contributed by atoms with Crippen LogP contribution in [0, 0.1) is 12.8 Å². The van der Waals surface area contributed by atoms with Gasteiger partial charge in [0, 0.05) is 6.54 Å². The number of benzene rings is 3. The highest BCUT2D eigenvalue weighted by Crippen LogP contribution is 2.34. The van der Waals surface area contributed by atoms with E-state index in [4.69, 9.17) is 0 Å². The van der Waals surface area contributed by atoms with Gasteiger partial charge in [0.25, 0.3) is 0 Å². The maximum atomic E-state index is 11.6. The lowest BCUT2D eigenvalue weighted by molar-refractivity contribution is -0.143. The fraction of sp³-hybridized carbons (Fsp3) is 0.292. The predicted molar refractivity (Wildman–Crippen MR) is 109 cm³/mol. The molecule has 0 aliphatic carbocycles. The molecular weight excluding hydrogens is 334 g/mol. The first-order valence-corrected chi connectivity index (χ1v) is 9.64. The molecule has 1 N–H and O–H groups in total. The Balaban J connectivity index is 1.77. The molecule has 138 valence electrons. The van der Waals surface area contributed by atoms with E-state index >= 15 is 0 Å². The Morgan fingerprint density at radius 1 is 1.00 bits per heavy atom. The van der Waals surface area contributed by atoms with Gasteiger partial charge in [-0.1, -0.05) is 66.2 Å². The topological polar surface area (TPSA) is 40.5 Å². The zero-order valence-corrected chi connectivity index (χ0v) is 15.6. The molecule has 2 atom stereocenters. The van der Waals surface area contributed by atoms with Gasteiger partial charge in [-0.3, -0.25) is 9.69 Å². The molecule has 3 aromatic carbocycles. The molecule has 1 saturated heterocycles. The van der Waals surface area contributed by atoms with Crippen LogP contribution in [0.25, 0.3) is 10.8 Å². The summed E-state index contributed by atoms with van der Waals surface area (Å²) in [4.78, 5) is 13.9. The van der Waals surface area contributed by atoms with Gasteiger partial charge in [0.1, 0.15) is 0 Å². The summed E-state index contributed by atoms with van der Waals surface area (Å²) in [5.41, 5.74) is 3.68. The summed E-state index contributed by atoms with van der Waals surface area (Å²) >= 11 is 0. The van der Waals surface area contributed by atoms with E-state index in [9.17, 15) is 9.90 Å². The number of carboxylic acid groups (broad SMARTS) is 1. The van der Waals surface area contributed by atoms with Gasteiger partial charge < -0.3 is 5.11 Å². The second-order valence-corrected chi connectivity index (χ2v) is 7.59. The first-order valence-electron chi connectivity index (χ1n) is 9.64. The van der Waals surface area contributed by atoms with Crippen molar-refractivity contribution in [3.63, 3.8) is 0 Å². The molecule has 0 amide bonds. The first-order chi connectivity index (χ1) is 13.1. The normalized spacial score (nSPS) is 19.1. The highest BCUT2D eigenvalue weighted by Gasteiger charge is 2.31. The SMILES string of the molecule is Cc1ccc(C(c2ccc3ccccc3c2)N2CCCC(C(=O)O)C2)cc1. The zero-order chi connectivity index (χ0) is 18.8. The Bertz CT molecular complexity index is 948. The summed E-state index contributed by atoms with van der Waals surface area (Å²) < 4.78 is 0. The number of carbonyl (C=O) groups is 1. The minimum atomic E-state index is -0.680. The fourth-order valence-electron chi connectivity index (χ4n) is 4.18. The Labute approximate surface area is 160 Å². The Morgan fingerprint density at radius 3 is 2.44 bits per heavy atom. The van der Waals surface area contributed by atoms with Crippen molar-refractivity contribution in [1.29, 1.82) is 0 Å². The average molecular weight is 359 g/mol. The molecule has 1 aliphatic rings. The van der Waals surface area contributed by atoms with Gasteiger partial charge in [0.15, 0.2) is 0 Å². The van der Waals surface area contributed by atoms with Crippen molar-refractivity contribution >= 4 is 16.7 Å². The van der Waals surface area contributed by atoms with E-state index < -0.39 is 5.97 Å². The Kier molecular flexibility index (Phi) is 4.95. The lowest BCUT2D eigenvalue weighted by Gasteiger charge is -2.37. The molecule has 0 saturated carbocycles. The van der Waals surface area contributed by atoms with Crippen LogP contribution in [0.4, 0.5) is 0 Å². The van der Waals surface area contributed by atoms with Crippen molar-refractivity contribution in [2.24, 2.45) is 5.92 Å². The standard InChI is InChI=1S/C24H25NO2/c1-17-8-10-19(11-9-17)23(25-14-4-7-22(16-25)24(26)27)21-13-12-18-5-2-3-6-20(18)15-21/h2-3,5-6,8-13,15,22-23H,4,7,14,16H2,1H3,(H,26,27). The van der Waals surface area contributed by atoms with Crippen molar-refractivity contribution < 1.29 is 9.90 Å². The number of piperidine rings is 1. The molecule has 1 heterocycles. The monoisotopic (exact) mass is 359 g/mol. The minimum Gasteiger partial charge on any atom is -0.481 e. The fourth-order valence-corrected chi connectivity index (χ4v) is 4.18. The molecule has 1 fully saturated rings. The second-order valence-electron chi connectivity index (χ2n) is 7.59. The van der Waals surface area contributed by atoms with E-state index in [0.717, 1.165) is 19.4 Å². The van der Waals surface area contributed by atoms with E-state index in [0.29, 0.717) is 6.54 Å². The van der Waals surface area contributed by atoms with Crippen LogP contribution in [0.1, 0.15) is 35.6 Å². The molecule has 1 aliphatic heterocycles. The van der Waals surface area contributed by atoms with E-state index in [1.165, 1.54) is 27.5 Å². The Hall–Kier alpha value is -2.65. The number of hydrogen-bond acceptors (Lipinski definition) is 2. The number of nitrogens with zero attached hydrogens (tertiary/aromatic N) is 1. The van der Waals surface area contributed by atoms with Gasteiger partial charge >= 0.3 is 5.97 Å². The number of aryl methyl sites for hydroxylation is 1. The van der Waals surface area contributed by atoms with Gasteiger partial charge in [-0.25, -0.2) is 0 Å². The molecule has 3 heteroatoms.